The third-order valence-corrected chi connectivity index (χ3v) is 7.66. The van der Waals surface area contributed by atoms with E-state index in [-0.39, 0.29) is 31.3 Å². The number of halogens is 4. The van der Waals surface area contributed by atoms with Crippen LogP contribution < -0.4 is 4.90 Å². The number of aromatic nitrogens is 3. The Morgan fingerprint density at radius 3 is 2.39 bits per heavy atom. The molecule has 41 heavy (non-hydrogen) atoms. The summed E-state index contributed by atoms with van der Waals surface area (Å²) in [5.41, 5.74) is 1.56. The van der Waals surface area contributed by atoms with Crippen LogP contribution in [0.5, 0.6) is 0 Å². The number of fused-ring (bicyclic) bond motifs is 1. The molecule has 2 aliphatic rings. The van der Waals surface area contributed by atoms with E-state index in [0.717, 1.165) is 10.6 Å². The highest BCUT2D eigenvalue weighted by atomic mass is 19.3. The SMILES string of the molecule is CCC(F)(F)CN1CCN(c2ccc3c(c2)C(C)(C)C(=O)N(Cc2ccc(-c4nnc(C(F)F)o4)cn2)C3=O)CC1. The van der Waals surface area contributed by atoms with Crippen LogP contribution in [-0.2, 0) is 16.8 Å². The van der Waals surface area contributed by atoms with E-state index in [1.165, 1.54) is 13.1 Å². The summed E-state index contributed by atoms with van der Waals surface area (Å²) in [5.74, 6) is -4.46. The summed E-state index contributed by atoms with van der Waals surface area (Å²) in [4.78, 5) is 36.3. The monoisotopic (exact) mass is 574 g/mol. The predicted octanol–water partition coefficient (Wildman–Crippen LogP) is 4.70. The van der Waals surface area contributed by atoms with Crippen LogP contribution in [0.1, 0.15) is 61.1 Å². The zero-order valence-corrected chi connectivity index (χ0v) is 22.9. The number of imide groups is 1. The molecule has 0 aliphatic carbocycles. The Morgan fingerprint density at radius 2 is 1.78 bits per heavy atom. The number of carbonyl (C=O) groups excluding carboxylic acids is 2. The van der Waals surface area contributed by atoms with E-state index in [4.69, 9.17) is 4.42 Å². The normalized spacial score (nSPS) is 17.9. The van der Waals surface area contributed by atoms with Gasteiger partial charge < -0.3 is 9.32 Å². The third kappa shape index (κ3) is 5.67. The summed E-state index contributed by atoms with van der Waals surface area (Å²) < 4.78 is 58.1. The molecule has 9 nitrogen and oxygen atoms in total. The van der Waals surface area contributed by atoms with Gasteiger partial charge in [-0.25, -0.2) is 8.78 Å². The lowest BCUT2D eigenvalue weighted by molar-refractivity contribution is -0.134. The standard InChI is InChI=1S/C28H30F4N6O3/c1-4-28(31,32)16-36-9-11-37(12-10-36)19-7-8-20-21(13-19)27(2,3)26(40)38(25(20)39)15-18-6-5-17(14-33-18)23-34-35-24(41-23)22(29)30/h5-8,13-14,22H,4,9-12,15-16H2,1-3H3. The van der Waals surface area contributed by atoms with Crippen molar-refractivity contribution < 1.29 is 31.6 Å². The number of benzene rings is 1. The van der Waals surface area contributed by atoms with Crippen molar-refractivity contribution in [3.8, 4) is 11.5 Å². The van der Waals surface area contributed by atoms with Crippen molar-refractivity contribution in [3.63, 3.8) is 0 Å². The number of hydrogen-bond acceptors (Lipinski definition) is 8. The van der Waals surface area contributed by atoms with Crippen LogP contribution in [0.15, 0.2) is 40.9 Å². The van der Waals surface area contributed by atoms with Gasteiger partial charge in [0.05, 0.1) is 29.8 Å². The van der Waals surface area contributed by atoms with Crippen LogP contribution in [0.4, 0.5) is 23.2 Å². The minimum atomic E-state index is -2.89. The molecule has 0 saturated carbocycles. The molecule has 1 aromatic carbocycles. The zero-order chi connectivity index (χ0) is 29.5. The van der Waals surface area contributed by atoms with E-state index in [0.29, 0.717) is 48.6 Å². The van der Waals surface area contributed by atoms with Crippen LogP contribution in [-0.4, -0.2) is 75.4 Å². The summed E-state index contributed by atoms with van der Waals surface area (Å²) in [6, 6.07) is 8.48. The summed E-state index contributed by atoms with van der Waals surface area (Å²) in [6.07, 6.45) is -1.73. The molecule has 0 atom stereocenters. The molecule has 2 aliphatic heterocycles. The first kappa shape index (κ1) is 28.7. The van der Waals surface area contributed by atoms with Crippen molar-refractivity contribution >= 4 is 17.5 Å². The van der Waals surface area contributed by atoms with E-state index >= 15 is 0 Å². The molecule has 2 amide bonds. The van der Waals surface area contributed by atoms with Gasteiger partial charge in [-0.05, 0) is 49.7 Å². The fourth-order valence-electron chi connectivity index (χ4n) is 5.12. The second kappa shape index (κ2) is 10.8. The first-order chi connectivity index (χ1) is 19.4. The maximum absolute atomic E-state index is 13.8. The van der Waals surface area contributed by atoms with Crippen LogP contribution in [0.2, 0.25) is 0 Å². The average Bonchev–Trinajstić information content (AvgIpc) is 3.46. The lowest BCUT2D eigenvalue weighted by Crippen LogP contribution is -2.52. The lowest BCUT2D eigenvalue weighted by Gasteiger charge is -2.40. The largest absolute Gasteiger partial charge is 0.415 e. The van der Waals surface area contributed by atoms with E-state index in [2.05, 4.69) is 20.1 Å². The van der Waals surface area contributed by atoms with Gasteiger partial charge in [-0.3, -0.25) is 24.4 Å². The second-order valence-corrected chi connectivity index (χ2v) is 10.8. The Kier molecular flexibility index (Phi) is 7.58. The van der Waals surface area contributed by atoms with Crippen molar-refractivity contribution in [2.45, 2.75) is 51.5 Å². The molecule has 1 fully saturated rings. The molecule has 1 saturated heterocycles. The van der Waals surface area contributed by atoms with E-state index in [9.17, 15) is 27.2 Å². The lowest BCUT2D eigenvalue weighted by atomic mass is 9.77. The van der Waals surface area contributed by atoms with Crippen molar-refractivity contribution in [1.82, 2.24) is 25.0 Å². The average molecular weight is 575 g/mol. The molecule has 0 bridgehead atoms. The van der Waals surface area contributed by atoms with Crippen LogP contribution in [0, 0.1) is 0 Å². The summed E-state index contributed by atoms with van der Waals surface area (Å²) in [6.45, 7) is 6.75. The van der Waals surface area contributed by atoms with Crippen LogP contribution in [0.25, 0.3) is 11.5 Å². The fraction of sp³-hybridized carbons (Fsp3) is 0.464. The quantitative estimate of drug-likeness (QED) is 0.282. The number of nitrogens with zero attached hydrogens (tertiary/aromatic N) is 6. The van der Waals surface area contributed by atoms with E-state index in [1.807, 2.05) is 12.1 Å². The molecule has 3 aromatic rings. The minimum Gasteiger partial charge on any atom is -0.415 e. The number of carbonyl (C=O) groups is 2. The van der Waals surface area contributed by atoms with Gasteiger partial charge in [-0.15, -0.1) is 10.2 Å². The maximum atomic E-state index is 13.8. The van der Waals surface area contributed by atoms with Crippen LogP contribution >= 0.6 is 0 Å². The highest BCUT2D eigenvalue weighted by molar-refractivity contribution is 6.13. The van der Waals surface area contributed by atoms with Gasteiger partial charge in [0.15, 0.2) is 0 Å². The Labute approximate surface area is 234 Å². The fourth-order valence-corrected chi connectivity index (χ4v) is 5.12. The Bertz CT molecular complexity index is 1430. The van der Waals surface area contributed by atoms with Gasteiger partial charge in [0.2, 0.25) is 11.8 Å². The number of anilines is 1. The summed E-state index contributed by atoms with van der Waals surface area (Å²) in [5, 5.41) is 6.89. The molecule has 13 heteroatoms. The van der Waals surface area contributed by atoms with E-state index < -0.39 is 29.6 Å². The van der Waals surface area contributed by atoms with E-state index in [1.54, 1.807) is 36.9 Å². The Morgan fingerprint density at radius 1 is 1.05 bits per heavy atom. The van der Waals surface area contributed by atoms with Gasteiger partial charge in [-0.2, -0.15) is 8.78 Å². The topological polar surface area (TPSA) is 95.7 Å². The van der Waals surface area contributed by atoms with Gasteiger partial charge >= 0.3 is 6.43 Å². The molecule has 5 rings (SSSR count). The molecule has 0 spiro atoms. The van der Waals surface area contributed by atoms with Crippen molar-refractivity contribution in [2.75, 3.05) is 37.6 Å². The smallest absolute Gasteiger partial charge is 0.314 e. The molecule has 4 heterocycles. The number of rotatable bonds is 8. The first-order valence-corrected chi connectivity index (χ1v) is 13.3. The molecular weight excluding hydrogens is 544 g/mol. The highest BCUT2D eigenvalue weighted by Gasteiger charge is 2.45. The maximum Gasteiger partial charge on any atom is 0.314 e. The highest BCUT2D eigenvalue weighted by Crippen LogP contribution is 2.38. The van der Waals surface area contributed by atoms with Crippen LogP contribution in [0.3, 0.4) is 0 Å². The minimum absolute atomic E-state index is 0.0843. The second-order valence-electron chi connectivity index (χ2n) is 10.8. The van der Waals surface area contributed by atoms with Gasteiger partial charge in [-0.1, -0.05) is 6.92 Å². The Balaban J connectivity index is 1.30. The molecular formula is C28H30F4N6O3. The zero-order valence-electron chi connectivity index (χ0n) is 22.9. The molecule has 0 radical (unpaired) electrons. The Hall–Kier alpha value is -3.87. The summed E-state index contributed by atoms with van der Waals surface area (Å²) in [7, 11) is 0. The van der Waals surface area contributed by atoms with Crippen molar-refractivity contribution in [2.24, 2.45) is 0 Å². The predicted molar refractivity (Wildman–Crippen MR) is 141 cm³/mol. The third-order valence-electron chi connectivity index (χ3n) is 7.66. The van der Waals surface area contributed by atoms with Crippen molar-refractivity contribution in [3.05, 3.63) is 59.2 Å². The van der Waals surface area contributed by atoms with Gasteiger partial charge in [0.25, 0.3) is 17.7 Å². The van der Waals surface area contributed by atoms with Crippen molar-refractivity contribution in [1.29, 1.82) is 0 Å². The number of alkyl halides is 4. The number of amides is 2. The molecule has 0 N–H and O–H groups in total. The molecule has 2 aromatic heterocycles. The number of pyridine rings is 1. The first-order valence-electron chi connectivity index (χ1n) is 13.3. The number of hydrogen-bond donors (Lipinski definition) is 0. The molecule has 218 valence electrons. The van der Waals surface area contributed by atoms with Gasteiger partial charge in [0.1, 0.15) is 0 Å². The summed E-state index contributed by atoms with van der Waals surface area (Å²) >= 11 is 0. The van der Waals surface area contributed by atoms with Gasteiger partial charge in [0, 0.05) is 50.0 Å². The molecule has 0 unspecified atom stereocenters. The number of piperazine rings is 1.